The van der Waals surface area contributed by atoms with E-state index in [9.17, 15) is 0 Å². The number of benzene rings is 1. The maximum absolute atomic E-state index is 5.49. The van der Waals surface area contributed by atoms with E-state index in [1.54, 1.807) is 19.8 Å². The Morgan fingerprint density at radius 2 is 2.05 bits per heavy atom. The lowest BCUT2D eigenvalue weighted by atomic mass is 9.97. The molecule has 0 atom stereocenters. The van der Waals surface area contributed by atoms with Crippen molar-refractivity contribution in [3.8, 4) is 11.5 Å². The number of ether oxygens (including phenoxy) is 2. The number of allylic oxidation sites excluding steroid dienone is 1. The van der Waals surface area contributed by atoms with Gasteiger partial charge < -0.3 is 14.8 Å². The minimum absolute atomic E-state index is 0.771. The zero-order valence-electron chi connectivity index (χ0n) is 12.9. The van der Waals surface area contributed by atoms with Gasteiger partial charge in [0.15, 0.2) is 11.5 Å². The maximum atomic E-state index is 5.49. The second-order valence-corrected chi connectivity index (χ2v) is 6.15. The SMILES string of the molecule is COc1ccc(Br)c(CNCCC2=CCCCC2)c1OC. The molecular formula is C17H24BrNO2. The highest BCUT2D eigenvalue weighted by molar-refractivity contribution is 9.10. The van der Waals surface area contributed by atoms with Crippen LogP contribution in [0.3, 0.4) is 0 Å². The molecule has 0 heterocycles. The molecule has 0 spiro atoms. The Morgan fingerprint density at radius 1 is 1.19 bits per heavy atom. The lowest BCUT2D eigenvalue weighted by Crippen LogP contribution is -2.17. The van der Waals surface area contributed by atoms with Gasteiger partial charge in [-0.2, -0.15) is 0 Å². The van der Waals surface area contributed by atoms with Crippen LogP contribution in [-0.2, 0) is 6.54 Å². The van der Waals surface area contributed by atoms with Gasteiger partial charge in [0.1, 0.15) is 0 Å². The first-order chi connectivity index (χ1) is 10.3. The fraction of sp³-hybridized carbons (Fsp3) is 0.529. The predicted octanol–water partition coefficient (Wildman–Crippen LogP) is 4.45. The first-order valence-electron chi connectivity index (χ1n) is 7.54. The number of hydrogen-bond acceptors (Lipinski definition) is 3. The van der Waals surface area contributed by atoms with Crippen LogP contribution in [0.4, 0.5) is 0 Å². The molecule has 3 nitrogen and oxygen atoms in total. The van der Waals surface area contributed by atoms with Crippen molar-refractivity contribution in [2.45, 2.75) is 38.6 Å². The van der Waals surface area contributed by atoms with Crippen LogP contribution >= 0.6 is 15.9 Å². The van der Waals surface area contributed by atoms with Crippen LogP contribution in [0.1, 0.15) is 37.7 Å². The highest BCUT2D eigenvalue weighted by Gasteiger charge is 2.13. The van der Waals surface area contributed by atoms with E-state index in [-0.39, 0.29) is 0 Å². The molecule has 21 heavy (non-hydrogen) atoms. The Labute approximate surface area is 135 Å². The van der Waals surface area contributed by atoms with Crippen molar-refractivity contribution in [2.75, 3.05) is 20.8 Å². The van der Waals surface area contributed by atoms with E-state index in [1.165, 1.54) is 25.7 Å². The Bertz CT molecular complexity index is 500. The monoisotopic (exact) mass is 353 g/mol. The Morgan fingerprint density at radius 3 is 2.71 bits per heavy atom. The van der Waals surface area contributed by atoms with E-state index in [1.807, 2.05) is 12.1 Å². The summed E-state index contributed by atoms with van der Waals surface area (Å²) in [6.45, 7) is 1.77. The van der Waals surface area contributed by atoms with E-state index >= 15 is 0 Å². The topological polar surface area (TPSA) is 30.5 Å². The molecule has 1 aromatic rings. The van der Waals surface area contributed by atoms with E-state index < -0.39 is 0 Å². The molecular weight excluding hydrogens is 330 g/mol. The quantitative estimate of drug-likeness (QED) is 0.580. The molecule has 0 fully saturated rings. The summed E-state index contributed by atoms with van der Waals surface area (Å²) in [6.07, 6.45) is 8.78. The Kier molecular flexibility index (Phi) is 6.58. The molecule has 0 unspecified atom stereocenters. The molecule has 0 saturated heterocycles. The van der Waals surface area contributed by atoms with Gasteiger partial charge in [0.25, 0.3) is 0 Å². The van der Waals surface area contributed by atoms with E-state index in [0.717, 1.165) is 41.0 Å². The van der Waals surface area contributed by atoms with Gasteiger partial charge >= 0.3 is 0 Å². The van der Waals surface area contributed by atoms with Gasteiger partial charge in [-0.3, -0.25) is 0 Å². The van der Waals surface area contributed by atoms with Crippen LogP contribution in [0, 0.1) is 0 Å². The van der Waals surface area contributed by atoms with Crippen molar-refractivity contribution >= 4 is 15.9 Å². The van der Waals surface area contributed by atoms with Crippen molar-refractivity contribution < 1.29 is 9.47 Å². The summed E-state index contributed by atoms with van der Waals surface area (Å²) in [5.74, 6) is 1.57. The van der Waals surface area contributed by atoms with Gasteiger partial charge in [0, 0.05) is 16.6 Å². The zero-order chi connectivity index (χ0) is 15.1. The highest BCUT2D eigenvalue weighted by Crippen LogP contribution is 2.35. The normalized spacial score (nSPS) is 14.7. The zero-order valence-corrected chi connectivity index (χ0v) is 14.5. The van der Waals surface area contributed by atoms with E-state index in [4.69, 9.17) is 9.47 Å². The van der Waals surface area contributed by atoms with Gasteiger partial charge in [-0.05, 0) is 50.8 Å². The van der Waals surface area contributed by atoms with Gasteiger partial charge in [0.2, 0.25) is 0 Å². The third-order valence-corrected chi connectivity index (χ3v) is 4.64. The third kappa shape index (κ3) is 4.48. The molecule has 0 bridgehead atoms. The Hall–Kier alpha value is -1.00. The minimum Gasteiger partial charge on any atom is -0.493 e. The number of halogens is 1. The summed E-state index contributed by atoms with van der Waals surface area (Å²) in [5, 5.41) is 3.51. The summed E-state index contributed by atoms with van der Waals surface area (Å²) < 4.78 is 11.9. The minimum atomic E-state index is 0.771. The summed E-state index contributed by atoms with van der Waals surface area (Å²) in [6, 6.07) is 3.92. The molecule has 1 aliphatic carbocycles. The van der Waals surface area contributed by atoms with Crippen LogP contribution < -0.4 is 14.8 Å². The smallest absolute Gasteiger partial charge is 0.166 e. The average Bonchev–Trinajstić information content (AvgIpc) is 2.53. The van der Waals surface area contributed by atoms with Crippen LogP contribution in [0.25, 0.3) is 0 Å². The first-order valence-corrected chi connectivity index (χ1v) is 8.33. The second kappa shape index (κ2) is 8.44. The van der Waals surface area contributed by atoms with Crippen molar-refractivity contribution in [1.29, 1.82) is 0 Å². The Balaban J connectivity index is 1.91. The maximum Gasteiger partial charge on any atom is 0.166 e. The van der Waals surface area contributed by atoms with Crippen molar-refractivity contribution in [3.63, 3.8) is 0 Å². The van der Waals surface area contributed by atoms with Crippen LogP contribution in [-0.4, -0.2) is 20.8 Å². The van der Waals surface area contributed by atoms with Crippen LogP contribution in [0.15, 0.2) is 28.3 Å². The fourth-order valence-electron chi connectivity index (χ4n) is 2.73. The standard InChI is InChI=1S/C17H24BrNO2/c1-20-16-9-8-15(18)14(17(16)21-2)12-19-11-10-13-6-4-3-5-7-13/h6,8-9,19H,3-5,7,10-12H2,1-2H3. The number of nitrogens with one attached hydrogen (secondary N) is 1. The van der Waals surface area contributed by atoms with Crippen molar-refractivity contribution in [2.24, 2.45) is 0 Å². The van der Waals surface area contributed by atoms with Gasteiger partial charge in [0.05, 0.1) is 14.2 Å². The summed E-state index contributed by atoms with van der Waals surface area (Å²) in [5.41, 5.74) is 2.71. The molecule has 4 heteroatoms. The number of hydrogen-bond donors (Lipinski definition) is 1. The number of methoxy groups -OCH3 is 2. The summed E-state index contributed by atoms with van der Waals surface area (Å²) in [7, 11) is 3.35. The van der Waals surface area contributed by atoms with Crippen molar-refractivity contribution in [3.05, 3.63) is 33.8 Å². The molecule has 0 amide bonds. The third-order valence-electron chi connectivity index (χ3n) is 3.90. The molecule has 0 aromatic heterocycles. The van der Waals surface area contributed by atoms with Crippen molar-refractivity contribution in [1.82, 2.24) is 5.32 Å². The lowest BCUT2D eigenvalue weighted by Gasteiger charge is -2.16. The lowest BCUT2D eigenvalue weighted by molar-refractivity contribution is 0.350. The predicted molar refractivity (Wildman–Crippen MR) is 90.1 cm³/mol. The molecule has 1 aliphatic rings. The molecule has 116 valence electrons. The molecule has 2 rings (SSSR count). The highest BCUT2D eigenvalue weighted by atomic mass is 79.9. The average molecular weight is 354 g/mol. The van der Waals surface area contributed by atoms with Crippen LogP contribution in [0.2, 0.25) is 0 Å². The number of rotatable bonds is 7. The summed E-state index contributed by atoms with van der Waals surface area (Å²) in [4.78, 5) is 0. The molecule has 0 saturated carbocycles. The van der Waals surface area contributed by atoms with E-state index in [2.05, 4.69) is 27.3 Å². The summed E-state index contributed by atoms with van der Waals surface area (Å²) >= 11 is 3.59. The molecule has 0 radical (unpaired) electrons. The van der Waals surface area contributed by atoms with E-state index in [0.29, 0.717) is 0 Å². The molecule has 1 aromatic carbocycles. The first kappa shape index (κ1) is 16.4. The largest absolute Gasteiger partial charge is 0.493 e. The fourth-order valence-corrected chi connectivity index (χ4v) is 3.18. The second-order valence-electron chi connectivity index (χ2n) is 5.30. The van der Waals surface area contributed by atoms with Gasteiger partial charge in [-0.25, -0.2) is 0 Å². The van der Waals surface area contributed by atoms with Crippen LogP contribution in [0.5, 0.6) is 11.5 Å². The van der Waals surface area contributed by atoms with Gasteiger partial charge in [-0.1, -0.05) is 27.6 Å². The van der Waals surface area contributed by atoms with Gasteiger partial charge in [-0.15, -0.1) is 0 Å². The molecule has 0 aliphatic heterocycles. The molecule has 1 N–H and O–H groups in total.